The minimum absolute atomic E-state index is 0.407. The molecule has 0 saturated carbocycles. The van der Waals surface area contributed by atoms with Crippen molar-refractivity contribution in [3.8, 4) is 22.5 Å². The number of benzene rings is 2. The lowest BCUT2D eigenvalue weighted by molar-refractivity contribution is 0.0342. The van der Waals surface area contributed by atoms with E-state index >= 15 is 0 Å². The lowest BCUT2D eigenvalue weighted by Crippen LogP contribution is -2.36. The average molecular weight is 471 g/mol. The second-order valence-corrected chi connectivity index (χ2v) is 9.45. The van der Waals surface area contributed by atoms with Crippen LogP contribution in [0.25, 0.3) is 22.5 Å². The zero-order chi connectivity index (χ0) is 23.8. The molecule has 2 saturated heterocycles. The number of carbonyl (C=O) groups is 1. The Morgan fingerprint density at radius 1 is 0.914 bits per heavy atom. The third-order valence-corrected chi connectivity index (χ3v) is 7.24. The van der Waals surface area contributed by atoms with Gasteiger partial charge in [0, 0.05) is 61.5 Å². The van der Waals surface area contributed by atoms with E-state index in [1.807, 2.05) is 6.07 Å². The van der Waals surface area contributed by atoms with E-state index in [1.165, 1.54) is 16.8 Å². The first-order chi connectivity index (χ1) is 17.2. The summed E-state index contributed by atoms with van der Waals surface area (Å²) < 4.78 is 10.9. The van der Waals surface area contributed by atoms with Crippen molar-refractivity contribution in [3.63, 3.8) is 0 Å². The number of anilines is 1. The van der Waals surface area contributed by atoms with E-state index < -0.39 is 5.91 Å². The van der Waals surface area contributed by atoms with Gasteiger partial charge in [-0.3, -0.25) is 9.69 Å². The van der Waals surface area contributed by atoms with Crippen LogP contribution in [-0.4, -0.2) is 68.4 Å². The third kappa shape index (κ3) is 4.43. The van der Waals surface area contributed by atoms with Crippen molar-refractivity contribution in [2.75, 3.05) is 57.5 Å². The summed E-state index contributed by atoms with van der Waals surface area (Å²) in [4.78, 5) is 22.2. The van der Waals surface area contributed by atoms with Crippen LogP contribution in [-0.2, 0) is 22.4 Å². The number of hydrogen-bond acceptors (Lipinski definition) is 6. The highest BCUT2D eigenvalue weighted by Crippen LogP contribution is 2.40. The number of nitrogens with two attached hydrogens (primary N) is 1. The van der Waals surface area contributed by atoms with Gasteiger partial charge in [0.05, 0.1) is 37.8 Å². The molecule has 7 heteroatoms. The molecule has 3 aliphatic rings. The van der Waals surface area contributed by atoms with Gasteiger partial charge < -0.3 is 20.1 Å². The number of ether oxygens (including phenoxy) is 2. The maximum absolute atomic E-state index is 12.4. The van der Waals surface area contributed by atoms with Crippen molar-refractivity contribution >= 4 is 11.6 Å². The highest BCUT2D eigenvalue weighted by Gasteiger charge is 2.27. The van der Waals surface area contributed by atoms with Crippen molar-refractivity contribution in [2.45, 2.75) is 13.0 Å². The Hall–Kier alpha value is -3.26. The highest BCUT2D eigenvalue weighted by molar-refractivity contribution is 5.98. The fraction of sp³-hybridized carbons (Fsp3) is 0.357. The lowest BCUT2D eigenvalue weighted by Gasteiger charge is -2.29. The minimum Gasteiger partial charge on any atom is -0.379 e. The van der Waals surface area contributed by atoms with E-state index in [0.29, 0.717) is 12.0 Å². The molecule has 6 rings (SSSR count). The standard InChI is InChI=1S/C28H30N4O3/c29-28(33)25-17-26(20-3-1-19(2-4-20)18-31-7-11-34-12-8-31)30-27-23-6-5-22(15-21(23)16-24(25)27)32-9-13-35-14-10-32/h1-6,15,17H,7-14,16,18H2,(H2,29,33). The lowest BCUT2D eigenvalue weighted by atomic mass is 10.0. The first kappa shape index (κ1) is 22.2. The van der Waals surface area contributed by atoms with Gasteiger partial charge in [-0.05, 0) is 34.9 Å². The van der Waals surface area contributed by atoms with E-state index in [4.69, 9.17) is 20.2 Å². The van der Waals surface area contributed by atoms with Crippen molar-refractivity contribution in [1.29, 1.82) is 0 Å². The molecule has 1 aliphatic carbocycles. The summed E-state index contributed by atoms with van der Waals surface area (Å²) >= 11 is 0. The Kier molecular flexibility index (Phi) is 5.98. The van der Waals surface area contributed by atoms with Crippen LogP contribution >= 0.6 is 0 Å². The summed E-state index contributed by atoms with van der Waals surface area (Å²) in [6, 6.07) is 16.8. The van der Waals surface area contributed by atoms with Crippen LogP contribution in [0.2, 0.25) is 0 Å². The number of nitrogens with zero attached hydrogens (tertiary/aromatic N) is 3. The number of hydrogen-bond donors (Lipinski definition) is 1. The summed E-state index contributed by atoms with van der Waals surface area (Å²) in [5, 5.41) is 0. The van der Waals surface area contributed by atoms with E-state index in [1.54, 1.807) is 0 Å². The molecular formula is C28H30N4O3. The normalized spacial score (nSPS) is 17.8. The van der Waals surface area contributed by atoms with E-state index in [2.05, 4.69) is 52.3 Å². The summed E-state index contributed by atoms with van der Waals surface area (Å²) in [5.74, 6) is -0.407. The van der Waals surface area contributed by atoms with Crippen LogP contribution in [0, 0.1) is 0 Å². The van der Waals surface area contributed by atoms with Gasteiger partial charge in [0.15, 0.2) is 0 Å². The topological polar surface area (TPSA) is 80.9 Å². The number of carbonyl (C=O) groups excluding carboxylic acids is 1. The minimum atomic E-state index is -0.407. The van der Waals surface area contributed by atoms with Gasteiger partial charge in [0.25, 0.3) is 0 Å². The Morgan fingerprint density at radius 3 is 2.34 bits per heavy atom. The van der Waals surface area contributed by atoms with Crippen LogP contribution in [0.3, 0.4) is 0 Å². The van der Waals surface area contributed by atoms with Gasteiger partial charge in [-0.1, -0.05) is 30.3 Å². The molecule has 3 heterocycles. The molecule has 35 heavy (non-hydrogen) atoms. The SMILES string of the molecule is NC(=O)c1cc(-c2ccc(CN3CCOCC3)cc2)nc2c1Cc1cc(N3CCOCC3)ccc1-2. The second kappa shape index (κ2) is 9.41. The molecule has 1 aromatic heterocycles. The number of aromatic nitrogens is 1. The number of rotatable bonds is 5. The van der Waals surface area contributed by atoms with Crippen LogP contribution in [0.4, 0.5) is 5.69 Å². The van der Waals surface area contributed by atoms with Gasteiger partial charge in [0.2, 0.25) is 5.91 Å². The van der Waals surface area contributed by atoms with Gasteiger partial charge in [0.1, 0.15) is 0 Å². The zero-order valence-electron chi connectivity index (χ0n) is 19.8. The summed E-state index contributed by atoms with van der Waals surface area (Å²) in [7, 11) is 0. The molecule has 0 unspecified atom stereocenters. The predicted octanol–water partition coefficient (Wildman–Crippen LogP) is 3.09. The quantitative estimate of drug-likeness (QED) is 0.483. The molecule has 180 valence electrons. The van der Waals surface area contributed by atoms with E-state index in [9.17, 15) is 4.79 Å². The maximum atomic E-state index is 12.4. The molecule has 0 bridgehead atoms. The fourth-order valence-electron chi connectivity index (χ4n) is 5.31. The molecule has 1 amide bonds. The van der Waals surface area contributed by atoms with Gasteiger partial charge in [-0.2, -0.15) is 0 Å². The fourth-order valence-corrected chi connectivity index (χ4v) is 5.31. The first-order valence-corrected chi connectivity index (χ1v) is 12.3. The predicted molar refractivity (Wildman–Crippen MR) is 136 cm³/mol. The largest absolute Gasteiger partial charge is 0.379 e. The maximum Gasteiger partial charge on any atom is 0.249 e. The molecule has 2 fully saturated rings. The molecule has 2 aliphatic heterocycles. The van der Waals surface area contributed by atoms with Crippen molar-refractivity contribution in [2.24, 2.45) is 5.73 Å². The molecule has 2 N–H and O–H groups in total. The zero-order valence-corrected chi connectivity index (χ0v) is 19.8. The molecule has 0 spiro atoms. The molecule has 7 nitrogen and oxygen atoms in total. The smallest absolute Gasteiger partial charge is 0.249 e. The number of morpholine rings is 2. The van der Waals surface area contributed by atoms with Crippen LogP contribution in [0.1, 0.15) is 27.0 Å². The van der Waals surface area contributed by atoms with Crippen molar-refractivity contribution in [3.05, 3.63) is 70.8 Å². The van der Waals surface area contributed by atoms with Crippen LogP contribution in [0.15, 0.2) is 48.5 Å². The molecule has 2 aromatic carbocycles. The Bertz CT molecular complexity index is 1250. The van der Waals surface area contributed by atoms with Crippen molar-refractivity contribution in [1.82, 2.24) is 9.88 Å². The van der Waals surface area contributed by atoms with Crippen LogP contribution in [0.5, 0.6) is 0 Å². The number of pyridine rings is 1. The summed E-state index contributed by atoms with van der Waals surface area (Å²) in [6.07, 6.45) is 0.673. The number of primary amides is 1. The van der Waals surface area contributed by atoms with E-state index in [0.717, 1.165) is 87.2 Å². The molecule has 3 aromatic rings. The molecular weight excluding hydrogens is 440 g/mol. The molecule has 0 atom stereocenters. The second-order valence-electron chi connectivity index (χ2n) is 9.45. The highest BCUT2D eigenvalue weighted by atomic mass is 16.5. The van der Waals surface area contributed by atoms with E-state index in [-0.39, 0.29) is 0 Å². The third-order valence-electron chi connectivity index (χ3n) is 7.24. The first-order valence-electron chi connectivity index (χ1n) is 12.3. The Labute approximate surface area is 205 Å². The average Bonchev–Trinajstić information content (AvgIpc) is 3.27. The Balaban J connectivity index is 1.31. The van der Waals surface area contributed by atoms with Gasteiger partial charge >= 0.3 is 0 Å². The number of amides is 1. The van der Waals surface area contributed by atoms with Crippen molar-refractivity contribution < 1.29 is 14.3 Å². The van der Waals surface area contributed by atoms with Crippen LogP contribution < -0.4 is 10.6 Å². The summed E-state index contributed by atoms with van der Waals surface area (Å²) in [6.45, 7) is 7.70. The monoisotopic (exact) mass is 470 g/mol. The number of fused-ring (bicyclic) bond motifs is 3. The Morgan fingerprint density at radius 2 is 1.63 bits per heavy atom. The molecule has 0 radical (unpaired) electrons. The summed E-state index contributed by atoms with van der Waals surface area (Å²) in [5.41, 5.74) is 14.7. The van der Waals surface area contributed by atoms with Gasteiger partial charge in [-0.25, -0.2) is 4.98 Å². The van der Waals surface area contributed by atoms with Gasteiger partial charge in [-0.15, -0.1) is 0 Å².